The van der Waals surface area contributed by atoms with Gasteiger partial charge in [-0.05, 0) is 35.9 Å². The van der Waals surface area contributed by atoms with E-state index in [-0.39, 0.29) is 11.6 Å². The molecule has 0 aromatic heterocycles. The zero-order valence-corrected chi connectivity index (χ0v) is 14.1. The van der Waals surface area contributed by atoms with Gasteiger partial charge in [0.25, 0.3) is 5.91 Å². The topological polar surface area (TPSA) is 59.0 Å². The normalized spacial score (nSPS) is 14.9. The number of halogens is 2. The minimum Gasteiger partial charge on any atom is -0.318 e. The third kappa shape index (κ3) is 3.27. The molecule has 122 valence electrons. The lowest BCUT2D eigenvalue weighted by Gasteiger charge is -2.17. The van der Waals surface area contributed by atoms with Crippen LogP contribution < -0.4 is 4.90 Å². The summed E-state index contributed by atoms with van der Waals surface area (Å²) in [6.45, 7) is 1.55. The molecule has 0 saturated carbocycles. The third-order valence-corrected chi connectivity index (χ3v) is 3.96. The molecule has 24 heavy (non-hydrogen) atoms. The van der Waals surface area contributed by atoms with E-state index in [0.717, 1.165) is 5.56 Å². The SMILES string of the molecule is CC(=O)O/N=C1\C(=O)N(Cc2ccc(Cl)cc2)c2ccc(Cl)cc21. The molecule has 0 unspecified atom stereocenters. The van der Waals surface area contributed by atoms with E-state index >= 15 is 0 Å². The molecule has 1 aliphatic heterocycles. The molecule has 3 rings (SSSR count). The van der Waals surface area contributed by atoms with Crippen LogP contribution in [-0.4, -0.2) is 17.6 Å². The Morgan fingerprint density at radius 2 is 1.79 bits per heavy atom. The van der Waals surface area contributed by atoms with E-state index in [1.54, 1.807) is 35.2 Å². The average Bonchev–Trinajstić information content (AvgIpc) is 2.79. The van der Waals surface area contributed by atoms with Crippen molar-refractivity contribution in [3.05, 3.63) is 63.6 Å². The molecule has 1 amide bonds. The Labute approximate surface area is 148 Å². The summed E-state index contributed by atoms with van der Waals surface area (Å²) < 4.78 is 0. The van der Waals surface area contributed by atoms with Crippen LogP contribution in [0.3, 0.4) is 0 Å². The Morgan fingerprint density at radius 1 is 1.12 bits per heavy atom. The number of carbonyl (C=O) groups is 2. The Balaban J connectivity index is 1.99. The number of nitrogens with zero attached hydrogens (tertiary/aromatic N) is 2. The number of anilines is 1. The Morgan fingerprint density at radius 3 is 2.46 bits per heavy atom. The molecule has 1 heterocycles. The maximum atomic E-state index is 12.7. The van der Waals surface area contributed by atoms with Crippen molar-refractivity contribution < 1.29 is 14.4 Å². The van der Waals surface area contributed by atoms with Crippen LogP contribution in [0.2, 0.25) is 10.0 Å². The molecule has 2 aromatic carbocycles. The van der Waals surface area contributed by atoms with E-state index in [1.165, 1.54) is 6.92 Å². The quantitative estimate of drug-likeness (QED) is 0.616. The maximum Gasteiger partial charge on any atom is 0.332 e. The highest BCUT2D eigenvalue weighted by Crippen LogP contribution is 2.33. The second kappa shape index (κ2) is 6.63. The van der Waals surface area contributed by atoms with E-state index in [0.29, 0.717) is 27.8 Å². The molecule has 5 nitrogen and oxygen atoms in total. The van der Waals surface area contributed by atoms with Crippen LogP contribution in [0.25, 0.3) is 0 Å². The van der Waals surface area contributed by atoms with E-state index in [4.69, 9.17) is 23.2 Å². The lowest BCUT2D eigenvalue weighted by Crippen LogP contribution is -2.29. The first-order valence-electron chi connectivity index (χ1n) is 7.07. The van der Waals surface area contributed by atoms with Gasteiger partial charge in [0, 0.05) is 22.5 Å². The number of hydrogen-bond acceptors (Lipinski definition) is 4. The fourth-order valence-electron chi connectivity index (χ4n) is 2.41. The highest BCUT2D eigenvalue weighted by atomic mass is 35.5. The summed E-state index contributed by atoms with van der Waals surface area (Å²) in [4.78, 5) is 29.9. The summed E-state index contributed by atoms with van der Waals surface area (Å²) in [6.07, 6.45) is 0. The molecule has 0 atom stereocenters. The zero-order valence-electron chi connectivity index (χ0n) is 12.6. The van der Waals surface area contributed by atoms with Gasteiger partial charge in [0.1, 0.15) is 0 Å². The van der Waals surface area contributed by atoms with Gasteiger partial charge in [0.15, 0.2) is 5.71 Å². The molecule has 0 aliphatic carbocycles. The number of benzene rings is 2. The standard InChI is InChI=1S/C17H12Cl2N2O3/c1-10(22)24-20-16-14-8-13(19)6-7-15(14)21(17(16)23)9-11-2-4-12(18)5-3-11/h2-8H,9H2,1H3/b20-16-. The highest BCUT2D eigenvalue weighted by molar-refractivity contribution is 6.54. The van der Waals surface area contributed by atoms with Crippen LogP contribution in [0.5, 0.6) is 0 Å². The predicted octanol–water partition coefficient (Wildman–Crippen LogP) is 3.81. The lowest BCUT2D eigenvalue weighted by atomic mass is 10.1. The summed E-state index contributed by atoms with van der Waals surface area (Å²) in [5.74, 6) is -0.960. The van der Waals surface area contributed by atoms with Crippen molar-refractivity contribution in [3.63, 3.8) is 0 Å². The molecule has 2 aromatic rings. The number of oxime groups is 1. The van der Waals surface area contributed by atoms with Crippen molar-refractivity contribution in [3.8, 4) is 0 Å². The van der Waals surface area contributed by atoms with Crippen LogP contribution in [0.1, 0.15) is 18.1 Å². The first-order chi connectivity index (χ1) is 11.5. The molecule has 0 fully saturated rings. The van der Waals surface area contributed by atoms with Crippen LogP contribution in [0.4, 0.5) is 5.69 Å². The first-order valence-corrected chi connectivity index (χ1v) is 7.83. The van der Waals surface area contributed by atoms with Crippen LogP contribution in [0.15, 0.2) is 47.6 Å². The van der Waals surface area contributed by atoms with Gasteiger partial charge in [0.05, 0.1) is 12.2 Å². The Kier molecular flexibility index (Phi) is 4.55. The summed E-state index contributed by atoms with van der Waals surface area (Å²) in [5, 5.41) is 4.77. The lowest BCUT2D eigenvalue weighted by molar-refractivity contribution is -0.140. The highest BCUT2D eigenvalue weighted by Gasteiger charge is 2.35. The molecule has 0 saturated heterocycles. The molecule has 0 spiro atoms. The largest absolute Gasteiger partial charge is 0.332 e. The second-order valence-electron chi connectivity index (χ2n) is 5.20. The molecule has 7 heteroatoms. The molecular formula is C17H12Cl2N2O3. The molecule has 0 radical (unpaired) electrons. The van der Waals surface area contributed by atoms with Gasteiger partial charge >= 0.3 is 5.97 Å². The molecular weight excluding hydrogens is 351 g/mol. The van der Waals surface area contributed by atoms with E-state index in [9.17, 15) is 9.59 Å². The minimum absolute atomic E-state index is 0.0525. The van der Waals surface area contributed by atoms with Gasteiger partial charge in [0.2, 0.25) is 0 Å². The molecule has 0 N–H and O–H groups in total. The monoisotopic (exact) mass is 362 g/mol. The Hall–Kier alpha value is -2.37. The van der Waals surface area contributed by atoms with Gasteiger partial charge in [-0.15, -0.1) is 0 Å². The van der Waals surface area contributed by atoms with Crippen molar-refractivity contribution in [2.45, 2.75) is 13.5 Å². The van der Waals surface area contributed by atoms with Crippen LogP contribution in [0, 0.1) is 0 Å². The fourth-order valence-corrected chi connectivity index (χ4v) is 2.71. The average molecular weight is 363 g/mol. The zero-order chi connectivity index (χ0) is 17.3. The molecule has 0 bridgehead atoms. The number of rotatable bonds is 3. The minimum atomic E-state index is -0.602. The van der Waals surface area contributed by atoms with Gasteiger partial charge < -0.3 is 9.74 Å². The smallest absolute Gasteiger partial charge is 0.318 e. The van der Waals surface area contributed by atoms with Crippen molar-refractivity contribution in [1.82, 2.24) is 0 Å². The van der Waals surface area contributed by atoms with E-state index in [2.05, 4.69) is 9.99 Å². The first kappa shape index (κ1) is 16.5. The summed E-state index contributed by atoms with van der Waals surface area (Å²) >= 11 is 11.9. The molecule has 1 aliphatic rings. The predicted molar refractivity (Wildman–Crippen MR) is 92.4 cm³/mol. The summed E-state index contributed by atoms with van der Waals surface area (Å²) in [5.41, 5.74) is 2.15. The van der Waals surface area contributed by atoms with Crippen molar-refractivity contribution in [1.29, 1.82) is 0 Å². The van der Waals surface area contributed by atoms with Crippen LogP contribution in [-0.2, 0) is 21.0 Å². The van der Waals surface area contributed by atoms with Crippen molar-refractivity contribution in [2.24, 2.45) is 5.16 Å². The van der Waals surface area contributed by atoms with E-state index < -0.39 is 5.97 Å². The fraction of sp³-hybridized carbons (Fsp3) is 0.118. The number of carbonyl (C=O) groups excluding carboxylic acids is 2. The van der Waals surface area contributed by atoms with Gasteiger partial charge in [-0.1, -0.05) is 40.5 Å². The van der Waals surface area contributed by atoms with Gasteiger partial charge in [-0.25, -0.2) is 4.79 Å². The van der Waals surface area contributed by atoms with Crippen LogP contribution >= 0.6 is 23.2 Å². The number of fused-ring (bicyclic) bond motifs is 1. The number of amides is 1. The van der Waals surface area contributed by atoms with Gasteiger partial charge in [-0.3, -0.25) is 4.79 Å². The second-order valence-corrected chi connectivity index (χ2v) is 6.07. The van der Waals surface area contributed by atoms with Gasteiger partial charge in [-0.2, -0.15) is 0 Å². The maximum absolute atomic E-state index is 12.7. The third-order valence-electron chi connectivity index (χ3n) is 3.47. The summed E-state index contributed by atoms with van der Waals surface area (Å²) in [6, 6.07) is 12.2. The van der Waals surface area contributed by atoms with E-state index in [1.807, 2.05) is 12.1 Å². The number of hydrogen-bond donors (Lipinski definition) is 0. The summed E-state index contributed by atoms with van der Waals surface area (Å²) in [7, 11) is 0. The van der Waals surface area contributed by atoms with Crippen molar-refractivity contribution >= 4 is 46.5 Å². The Bertz CT molecular complexity index is 847. The van der Waals surface area contributed by atoms with Crippen molar-refractivity contribution in [2.75, 3.05) is 4.90 Å².